The van der Waals surface area contributed by atoms with Gasteiger partial charge in [-0.05, 0) is 48.9 Å². The molecule has 2 N–H and O–H groups in total. The summed E-state index contributed by atoms with van der Waals surface area (Å²) >= 11 is 0. The number of carbonyl (C=O) groups is 1. The molecule has 4 rings (SSSR count). The van der Waals surface area contributed by atoms with Crippen LogP contribution in [0, 0.1) is 5.82 Å². The van der Waals surface area contributed by atoms with Crippen LogP contribution in [0.4, 0.5) is 9.18 Å². The van der Waals surface area contributed by atoms with E-state index in [-0.39, 0.29) is 17.9 Å². The number of fused-ring (bicyclic) bond motifs is 2. The molecular formula is C23H28FN3O. The first kappa shape index (κ1) is 18.9. The molecule has 2 saturated heterocycles. The van der Waals surface area contributed by atoms with E-state index in [9.17, 15) is 9.18 Å². The first-order valence-corrected chi connectivity index (χ1v) is 10.3. The van der Waals surface area contributed by atoms with Crippen LogP contribution in [0.15, 0.2) is 54.6 Å². The molecule has 0 aliphatic carbocycles. The summed E-state index contributed by atoms with van der Waals surface area (Å²) < 4.78 is 13.2. The quantitative estimate of drug-likeness (QED) is 0.815. The standard InChI is InChI=1S/C23H28FN3O/c24-19-11-9-18(10-12-19)16-27-21-7-4-8-22(27)14-20(13-21)26-23(28)25-15-17-5-2-1-3-6-17/h1-3,5-6,9-12,20-22H,4,7-8,13-16H2,(H2,25,26,28)/t21-,22-/m0/s1. The first-order chi connectivity index (χ1) is 13.7. The summed E-state index contributed by atoms with van der Waals surface area (Å²) in [5, 5.41) is 6.15. The fourth-order valence-corrected chi connectivity index (χ4v) is 4.67. The molecule has 2 aromatic carbocycles. The van der Waals surface area contributed by atoms with E-state index in [2.05, 4.69) is 15.5 Å². The summed E-state index contributed by atoms with van der Waals surface area (Å²) in [7, 11) is 0. The average molecular weight is 381 g/mol. The maximum atomic E-state index is 13.2. The van der Waals surface area contributed by atoms with Gasteiger partial charge in [-0.15, -0.1) is 0 Å². The number of nitrogens with zero attached hydrogens (tertiary/aromatic N) is 1. The zero-order valence-electron chi connectivity index (χ0n) is 16.1. The lowest BCUT2D eigenvalue weighted by Gasteiger charge is -2.49. The molecule has 5 heteroatoms. The van der Waals surface area contributed by atoms with Crippen LogP contribution in [-0.4, -0.2) is 29.1 Å². The number of halogens is 1. The van der Waals surface area contributed by atoms with Crippen LogP contribution in [0.5, 0.6) is 0 Å². The van der Waals surface area contributed by atoms with Crippen molar-refractivity contribution in [2.24, 2.45) is 0 Å². The van der Waals surface area contributed by atoms with Crippen LogP contribution in [0.1, 0.15) is 43.2 Å². The number of hydrogen-bond acceptors (Lipinski definition) is 2. The molecule has 148 valence electrons. The zero-order valence-corrected chi connectivity index (χ0v) is 16.1. The van der Waals surface area contributed by atoms with Gasteiger partial charge < -0.3 is 10.6 Å². The van der Waals surface area contributed by atoms with Crippen LogP contribution in [0.25, 0.3) is 0 Å². The van der Waals surface area contributed by atoms with Gasteiger partial charge in [-0.2, -0.15) is 0 Å². The zero-order chi connectivity index (χ0) is 19.3. The molecule has 2 aliphatic heterocycles. The number of nitrogens with one attached hydrogen (secondary N) is 2. The number of rotatable bonds is 5. The monoisotopic (exact) mass is 381 g/mol. The molecule has 0 radical (unpaired) electrons. The van der Waals surface area contributed by atoms with Gasteiger partial charge in [0.05, 0.1) is 0 Å². The third kappa shape index (κ3) is 4.71. The molecule has 4 nitrogen and oxygen atoms in total. The number of urea groups is 1. The topological polar surface area (TPSA) is 44.4 Å². The third-order valence-corrected chi connectivity index (χ3v) is 6.04. The summed E-state index contributed by atoms with van der Waals surface area (Å²) in [4.78, 5) is 14.9. The highest BCUT2D eigenvalue weighted by molar-refractivity contribution is 5.74. The molecule has 2 amide bonds. The minimum atomic E-state index is -0.187. The molecule has 2 bridgehead atoms. The number of hydrogen-bond donors (Lipinski definition) is 2. The van der Waals surface area contributed by atoms with Gasteiger partial charge in [-0.3, -0.25) is 4.90 Å². The minimum Gasteiger partial charge on any atom is -0.335 e. The molecule has 2 heterocycles. The summed E-state index contributed by atoms with van der Waals surface area (Å²) in [5.74, 6) is -0.187. The van der Waals surface area contributed by atoms with E-state index in [0.717, 1.165) is 30.5 Å². The van der Waals surface area contributed by atoms with Gasteiger partial charge in [0.25, 0.3) is 0 Å². The second-order valence-electron chi connectivity index (χ2n) is 8.02. The van der Waals surface area contributed by atoms with Crippen molar-refractivity contribution in [2.75, 3.05) is 0 Å². The van der Waals surface area contributed by atoms with E-state index < -0.39 is 0 Å². The molecule has 2 aromatic rings. The predicted molar refractivity (Wildman–Crippen MR) is 108 cm³/mol. The third-order valence-electron chi connectivity index (χ3n) is 6.04. The molecule has 2 aliphatic rings. The molecule has 0 unspecified atom stereocenters. The number of piperidine rings is 2. The lowest BCUT2D eigenvalue weighted by molar-refractivity contribution is 0.0197. The Kier molecular flexibility index (Phi) is 5.91. The minimum absolute atomic E-state index is 0.0843. The van der Waals surface area contributed by atoms with Gasteiger partial charge in [-0.1, -0.05) is 48.9 Å². The van der Waals surface area contributed by atoms with Gasteiger partial charge >= 0.3 is 6.03 Å². The van der Waals surface area contributed by atoms with Gasteiger partial charge in [-0.25, -0.2) is 9.18 Å². The highest BCUT2D eigenvalue weighted by Gasteiger charge is 2.38. The van der Waals surface area contributed by atoms with Crippen LogP contribution in [0.3, 0.4) is 0 Å². The molecular weight excluding hydrogens is 353 g/mol. The van der Waals surface area contributed by atoms with E-state index in [1.165, 1.54) is 31.4 Å². The molecule has 0 aromatic heterocycles. The Labute approximate surface area is 166 Å². The van der Waals surface area contributed by atoms with Gasteiger partial charge in [0.2, 0.25) is 0 Å². The Bertz CT molecular complexity index is 766. The maximum Gasteiger partial charge on any atom is 0.315 e. The second kappa shape index (κ2) is 8.74. The average Bonchev–Trinajstić information content (AvgIpc) is 2.69. The smallest absolute Gasteiger partial charge is 0.315 e. The van der Waals surface area contributed by atoms with E-state index in [1.807, 2.05) is 42.5 Å². The fourth-order valence-electron chi connectivity index (χ4n) is 4.67. The predicted octanol–water partition coefficient (Wildman–Crippen LogP) is 4.21. The van der Waals surface area contributed by atoms with Crippen LogP contribution >= 0.6 is 0 Å². The highest BCUT2D eigenvalue weighted by atomic mass is 19.1. The van der Waals surface area contributed by atoms with Crippen molar-refractivity contribution in [3.05, 3.63) is 71.5 Å². The van der Waals surface area contributed by atoms with Gasteiger partial charge in [0, 0.05) is 31.2 Å². The fraction of sp³-hybridized carbons (Fsp3) is 0.435. The Morgan fingerprint density at radius 1 is 0.964 bits per heavy atom. The van der Waals surface area contributed by atoms with Crippen molar-refractivity contribution in [3.8, 4) is 0 Å². The van der Waals surface area contributed by atoms with Gasteiger partial charge in [0.15, 0.2) is 0 Å². The summed E-state index contributed by atoms with van der Waals surface area (Å²) in [6, 6.07) is 17.9. The van der Waals surface area contributed by atoms with Crippen molar-refractivity contribution >= 4 is 6.03 Å². The molecule has 2 fully saturated rings. The number of amides is 2. The molecule has 28 heavy (non-hydrogen) atoms. The number of carbonyl (C=O) groups excluding carboxylic acids is 1. The van der Waals surface area contributed by atoms with E-state index >= 15 is 0 Å². The summed E-state index contributed by atoms with van der Waals surface area (Å²) in [5.41, 5.74) is 2.26. The van der Waals surface area contributed by atoms with Crippen molar-refractivity contribution in [1.82, 2.24) is 15.5 Å². The number of benzene rings is 2. The molecule has 0 saturated carbocycles. The second-order valence-corrected chi connectivity index (χ2v) is 8.02. The van der Waals surface area contributed by atoms with E-state index in [0.29, 0.717) is 18.6 Å². The SMILES string of the molecule is O=C(NCc1ccccc1)NC1C[C@@H]2CCC[C@@H](C1)N2Cc1ccc(F)cc1. The van der Waals surface area contributed by atoms with Crippen LogP contribution < -0.4 is 10.6 Å². The molecule has 0 spiro atoms. The molecule has 2 atom stereocenters. The van der Waals surface area contributed by atoms with Gasteiger partial charge in [0.1, 0.15) is 5.82 Å². The Morgan fingerprint density at radius 3 is 2.32 bits per heavy atom. The Hall–Kier alpha value is -2.40. The Balaban J connectivity index is 1.31. The lowest BCUT2D eigenvalue weighted by atomic mass is 9.81. The summed E-state index contributed by atoms with van der Waals surface area (Å²) in [6.07, 6.45) is 5.55. The van der Waals surface area contributed by atoms with Crippen molar-refractivity contribution in [1.29, 1.82) is 0 Å². The van der Waals surface area contributed by atoms with Crippen LogP contribution in [-0.2, 0) is 13.1 Å². The normalized spacial score (nSPS) is 24.5. The van der Waals surface area contributed by atoms with Crippen LogP contribution in [0.2, 0.25) is 0 Å². The first-order valence-electron chi connectivity index (χ1n) is 10.3. The highest BCUT2D eigenvalue weighted by Crippen LogP contribution is 2.35. The van der Waals surface area contributed by atoms with Crippen molar-refractivity contribution < 1.29 is 9.18 Å². The van der Waals surface area contributed by atoms with Crippen molar-refractivity contribution in [3.63, 3.8) is 0 Å². The van der Waals surface area contributed by atoms with Crippen molar-refractivity contribution in [2.45, 2.75) is 63.3 Å². The maximum absolute atomic E-state index is 13.2. The largest absolute Gasteiger partial charge is 0.335 e. The van der Waals surface area contributed by atoms with E-state index in [4.69, 9.17) is 0 Å². The summed E-state index contributed by atoms with van der Waals surface area (Å²) in [6.45, 7) is 1.41. The Morgan fingerprint density at radius 2 is 1.64 bits per heavy atom. The van der Waals surface area contributed by atoms with E-state index in [1.54, 1.807) is 0 Å². The lowest BCUT2D eigenvalue weighted by Crippen LogP contribution is -2.57.